The fourth-order valence-electron chi connectivity index (χ4n) is 0.952. The van der Waals surface area contributed by atoms with E-state index in [4.69, 9.17) is 17.3 Å². The summed E-state index contributed by atoms with van der Waals surface area (Å²) in [7, 11) is 0. The van der Waals surface area contributed by atoms with Crippen LogP contribution in [0.5, 0.6) is 0 Å². The number of nitrogens with two attached hydrogens (primary N) is 1. The van der Waals surface area contributed by atoms with Gasteiger partial charge in [-0.1, -0.05) is 25.4 Å². The second kappa shape index (κ2) is 5.14. The minimum absolute atomic E-state index is 0.177. The molecule has 4 N–H and O–H groups in total. The number of hydrogen-bond acceptors (Lipinski definition) is 5. The Hall–Kier alpha value is -1.07. The summed E-state index contributed by atoms with van der Waals surface area (Å²) in [6, 6.07) is 0. The first kappa shape index (κ1) is 12.0. The third-order valence-electron chi connectivity index (χ3n) is 2.08. The van der Waals surface area contributed by atoms with Gasteiger partial charge < -0.3 is 16.2 Å². The van der Waals surface area contributed by atoms with Crippen molar-refractivity contribution in [3.05, 3.63) is 11.5 Å². The molecule has 1 aromatic rings. The van der Waals surface area contributed by atoms with Crippen LogP contribution in [-0.4, -0.2) is 27.7 Å². The van der Waals surface area contributed by atoms with E-state index in [1.807, 2.05) is 13.8 Å². The van der Waals surface area contributed by atoms with Gasteiger partial charge in [0.1, 0.15) is 12.0 Å². The highest BCUT2D eigenvalue weighted by molar-refractivity contribution is 6.32. The van der Waals surface area contributed by atoms with Crippen LogP contribution in [0, 0.1) is 5.92 Å². The first-order chi connectivity index (χ1) is 7.02. The van der Waals surface area contributed by atoms with Gasteiger partial charge in [0.05, 0.1) is 6.10 Å². The molecule has 0 aliphatic heterocycles. The van der Waals surface area contributed by atoms with Crippen molar-refractivity contribution in [2.45, 2.75) is 20.0 Å². The van der Waals surface area contributed by atoms with Gasteiger partial charge in [0.2, 0.25) is 0 Å². The molecule has 0 aliphatic carbocycles. The maximum atomic E-state index is 9.57. The van der Waals surface area contributed by atoms with E-state index in [9.17, 15) is 5.11 Å². The summed E-state index contributed by atoms with van der Waals surface area (Å²) in [5.41, 5.74) is 5.94. The zero-order valence-corrected chi connectivity index (χ0v) is 9.49. The van der Waals surface area contributed by atoms with Gasteiger partial charge in [-0.25, -0.2) is 9.97 Å². The number of halogens is 1. The highest BCUT2D eigenvalue weighted by Crippen LogP contribution is 2.21. The van der Waals surface area contributed by atoms with E-state index in [1.54, 1.807) is 0 Å². The average Bonchev–Trinajstić information content (AvgIpc) is 2.19. The number of anilines is 2. The smallest absolute Gasteiger partial charge is 0.157 e. The second-order valence-corrected chi connectivity index (χ2v) is 3.98. The number of rotatable bonds is 4. The molecule has 6 heteroatoms. The molecule has 1 aromatic heterocycles. The Morgan fingerprint density at radius 3 is 2.80 bits per heavy atom. The standard InChI is InChI=1S/C9H15ClN4O/c1-5(2)6(15)3-12-9-7(11)8(10)13-4-14-9/h4-6,15H,3,11H2,1-2H3,(H,12,13,14). The lowest BCUT2D eigenvalue weighted by Gasteiger charge is -2.16. The molecule has 0 bridgehead atoms. The summed E-state index contributed by atoms with van der Waals surface area (Å²) in [5.74, 6) is 0.630. The van der Waals surface area contributed by atoms with Gasteiger partial charge in [0, 0.05) is 6.54 Å². The minimum Gasteiger partial charge on any atom is -0.393 e. The number of aliphatic hydroxyl groups excluding tert-OH is 1. The SMILES string of the molecule is CC(C)C(O)CNc1ncnc(Cl)c1N. The van der Waals surface area contributed by atoms with E-state index >= 15 is 0 Å². The van der Waals surface area contributed by atoms with Gasteiger partial charge in [-0.05, 0) is 5.92 Å². The summed E-state index contributed by atoms with van der Waals surface area (Å²) in [4.78, 5) is 7.66. The van der Waals surface area contributed by atoms with E-state index in [0.29, 0.717) is 18.1 Å². The van der Waals surface area contributed by atoms with Crippen LogP contribution >= 0.6 is 11.6 Å². The number of aliphatic hydroxyl groups is 1. The minimum atomic E-state index is -0.446. The lowest BCUT2D eigenvalue weighted by atomic mass is 10.1. The zero-order valence-electron chi connectivity index (χ0n) is 8.74. The summed E-state index contributed by atoms with van der Waals surface area (Å²) >= 11 is 5.71. The Bertz CT molecular complexity index is 332. The van der Waals surface area contributed by atoms with Crippen molar-refractivity contribution in [2.75, 3.05) is 17.6 Å². The van der Waals surface area contributed by atoms with Gasteiger partial charge in [-0.3, -0.25) is 0 Å². The normalized spacial score (nSPS) is 12.9. The molecule has 0 saturated carbocycles. The third kappa shape index (κ3) is 3.21. The monoisotopic (exact) mass is 230 g/mol. The van der Waals surface area contributed by atoms with Crippen LogP contribution in [0.1, 0.15) is 13.8 Å². The molecule has 1 heterocycles. The number of aromatic nitrogens is 2. The molecule has 0 fully saturated rings. The molecule has 0 spiro atoms. The van der Waals surface area contributed by atoms with E-state index in [1.165, 1.54) is 6.33 Å². The van der Waals surface area contributed by atoms with Crippen LogP contribution in [0.3, 0.4) is 0 Å². The van der Waals surface area contributed by atoms with Gasteiger partial charge >= 0.3 is 0 Å². The molecular formula is C9H15ClN4O. The summed E-state index contributed by atoms with van der Waals surface area (Å²) in [6.07, 6.45) is 0.876. The van der Waals surface area contributed by atoms with Crippen LogP contribution < -0.4 is 11.1 Å². The summed E-state index contributed by atoms with van der Waals surface area (Å²) in [6.45, 7) is 4.25. The Labute approximate surface area is 93.7 Å². The topological polar surface area (TPSA) is 84.1 Å². The van der Waals surface area contributed by atoms with Crippen molar-refractivity contribution in [3.8, 4) is 0 Å². The Morgan fingerprint density at radius 1 is 1.53 bits per heavy atom. The number of nitrogens with zero attached hydrogens (tertiary/aromatic N) is 2. The Morgan fingerprint density at radius 2 is 2.20 bits per heavy atom. The molecule has 84 valence electrons. The second-order valence-electron chi connectivity index (χ2n) is 3.62. The molecule has 0 saturated heterocycles. The molecule has 0 aliphatic rings. The first-order valence-corrected chi connectivity index (χ1v) is 5.08. The summed E-state index contributed by atoms with van der Waals surface area (Å²) < 4.78 is 0. The Kier molecular flexibility index (Phi) is 4.11. The van der Waals surface area contributed by atoms with E-state index in [2.05, 4.69) is 15.3 Å². The molecule has 15 heavy (non-hydrogen) atoms. The first-order valence-electron chi connectivity index (χ1n) is 4.70. The maximum Gasteiger partial charge on any atom is 0.157 e. The number of nitrogens with one attached hydrogen (secondary N) is 1. The van der Waals surface area contributed by atoms with E-state index in [-0.39, 0.29) is 11.1 Å². The molecular weight excluding hydrogens is 216 g/mol. The van der Waals surface area contributed by atoms with Gasteiger partial charge in [0.15, 0.2) is 11.0 Å². The lowest BCUT2D eigenvalue weighted by Crippen LogP contribution is -2.25. The van der Waals surface area contributed by atoms with Gasteiger partial charge in [-0.2, -0.15) is 0 Å². The van der Waals surface area contributed by atoms with Crippen molar-refractivity contribution in [3.63, 3.8) is 0 Å². The molecule has 1 rings (SSSR count). The van der Waals surface area contributed by atoms with Gasteiger partial charge in [0.25, 0.3) is 0 Å². The fourth-order valence-corrected chi connectivity index (χ4v) is 1.09. The molecule has 1 atom stereocenters. The lowest BCUT2D eigenvalue weighted by molar-refractivity contribution is 0.138. The predicted molar refractivity (Wildman–Crippen MR) is 60.8 cm³/mol. The summed E-state index contributed by atoms with van der Waals surface area (Å²) in [5, 5.41) is 12.7. The van der Waals surface area contributed by atoms with Crippen LogP contribution in [0.2, 0.25) is 5.15 Å². The average molecular weight is 231 g/mol. The zero-order chi connectivity index (χ0) is 11.4. The molecule has 5 nitrogen and oxygen atoms in total. The predicted octanol–water partition coefficient (Wildman–Crippen LogP) is 1.14. The van der Waals surface area contributed by atoms with Crippen molar-refractivity contribution >= 4 is 23.1 Å². The van der Waals surface area contributed by atoms with Crippen molar-refractivity contribution in [1.82, 2.24) is 9.97 Å². The maximum absolute atomic E-state index is 9.57. The van der Waals surface area contributed by atoms with Crippen molar-refractivity contribution < 1.29 is 5.11 Å². The van der Waals surface area contributed by atoms with Crippen LogP contribution in [0.15, 0.2) is 6.33 Å². The van der Waals surface area contributed by atoms with Crippen molar-refractivity contribution in [1.29, 1.82) is 0 Å². The highest BCUT2D eigenvalue weighted by Gasteiger charge is 2.11. The molecule has 0 radical (unpaired) electrons. The van der Waals surface area contributed by atoms with Crippen LogP contribution in [0.4, 0.5) is 11.5 Å². The number of nitrogen functional groups attached to an aromatic ring is 1. The third-order valence-corrected chi connectivity index (χ3v) is 2.38. The van der Waals surface area contributed by atoms with E-state index in [0.717, 1.165) is 0 Å². The van der Waals surface area contributed by atoms with Crippen LogP contribution in [-0.2, 0) is 0 Å². The quantitative estimate of drug-likeness (QED) is 0.676. The van der Waals surface area contributed by atoms with Crippen LogP contribution in [0.25, 0.3) is 0 Å². The Balaban J connectivity index is 2.62. The highest BCUT2D eigenvalue weighted by atomic mass is 35.5. The number of hydrogen-bond donors (Lipinski definition) is 3. The molecule has 0 amide bonds. The largest absolute Gasteiger partial charge is 0.393 e. The van der Waals surface area contributed by atoms with Gasteiger partial charge in [-0.15, -0.1) is 0 Å². The molecule has 1 unspecified atom stereocenters. The van der Waals surface area contributed by atoms with E-state index < -0.39 is 6.10 Å². The van der Waals surface area contributed by atoms with Crippen molar-refractivity contribution in [2.24, 2.45) is 5.92 Å². The fraction of sp³-hybridized carbons (Fsp3) is 0.556. The molecule has 0 aromatic carbocycles.